The van der Waals surface area contributed by atoms with E-state index in [1.807, 2.05) is 0 Å². The summed E-state index contributed by atoms with van der Waals surface area (Å²) in [5.74, 6) is 0.117. The quantitative estimate of drug-likeness (QED) is 0.635. The van der Waals surface area contributed by atoms with Crippen LogP contribution in [0.5, 0.6) is 0 Å². The normalized spacial score (nSPS) is 18.7. The number of ketones is 1. The minimum Gasteiger partial charge on any atom is -0.398 e. The maximum Gasteiger partial charge on any atom is 0.165 e. The fraction of sp³-hybridized carbons (Fsp3) is 0.417. The minimum absolute atomic E-state index is 0.00794. The maximum absolute atomic E-state index is 11.9. The molecule has 0 aromatic heterocycles. The predicted molar refractivity (Wildman–Crippen MR) is 61.7 cm³/mol. The highest BCUT2D eigenvalue weighted by Gasteiger charge is 2.33. The van der Waals surface area contributed by atoms with E-state index in [9.17, 15) is 4.79 Å². The molecule has 0 unspecified atom stereocenters. The summed E-state index contributed by atoms with van der Waals surface area (Å²) < 4.78 is 0. The molecule has 15 heavy (non-hydrogen) atoms. The number of nitrogens with two attached hydrogens (primary N) is 2. The second kappa shape index (κ2) is 2.99. The van der Waals surface area contributed by atoms with Crippen molar-refractivity contribution < 1.29 is 4.79 Å². The molecule has 1 aliphatic carbocycles. The van der Waals surface area contributed by atoms with Crippen LogP contribution >= 0.6 is 0 Å². The van der Waals surface area contributed by atoms with Crippen molar-refractivity contribution in [3.05, 3.63) is 23.3 Å². The zero-order valence-electron chi connectivity index (χ0n) is 9.13. The summed E-state index contributed by atoms with van der Waals surface area (Å²) in [5.41, 5.74) is 14.5. The number of fused-ring (bicyclic) bond motifs is 1. The molecule has 2 rings (SSSR count). The van der Waals surface area contributed by atoms with E-state index >= 15 is 0 Å². The number of nitrogen functional groups attached to an aromatic ring is 2. The Morgan fingerprint density at radius 3 is 2.40 bits per heavy atom. The van der Waals surface area contributed by atoms with E-state index in [1.165, 1.54) is 0 Å². The van der Waals surface area contributed by atoms with Crippen LogP contribution in [0.2, 0.25) is 0 Å². The Kier molecular flexibility index (Phi) is 2.00. The Bertz CT molecular complexity index is 435. The molecule has 0 atom stereocenters. The highest BCUT2D eigenvalue weighted by Crippen LogP contribution is 2.39. The number of anilines is 2. The molecule has 0 saturated carbocycles. The van der Waals surface area contributed by atoms with Gasteiger partial charge in [0.05, 0.1) is 0 Å². The lowest BCUT2D eigenvalue weighted by atomic mass is 9.73. The van der Waals surface area contributed by atoms with E-state index in [-0.39, 0.29) is 11.2 Å². The molecule has 0 amide bonds. The van der Waals surface area contributed by atoms with Gasteiger partial charge in [0.25, 0.3) is 0 Å². The van der Waals surface area contributed by atoms with Gasteiger partial charge in [-0.25, -0.2) is 0 Å². The van der Waals surface area contributed by atoms with Crippen LogP contribution in [-0.4, -0.2) is 5.78 Å². The number of rotatable bonds is 0. The van der Waals surface area contributed by atoms with E-state index in [0.29, 0.717) is 23.4 Å². The molecule has 3 heteroatoms. The summed E-state index contributed by atoms with van der Waals surface area (Å²) in [7, 11) is 0. The summed E-state index contributed by atoms with van der Waals surface area (Å²) >= 11 is 0. The van der Waals surface area contributed by atoms with Crippen molar-refractivity contribution in [1.82, 2.24) is 0 Å². The summed E-state index contributed by atoms with van der Waals surface area (Å²) in [6, 6.07) is 3.49. The van der Waals surface area contributed by atoms with Gasteiger partial charge in [0.1, 0.15) is 0 Å². The standard InChI is InChI=1S/C12H16N2O/c1-12(2)5-7-8(13)3-4-9(14)11(7)10(15)6-12/h3-4H,5-6,13-14H2,1-2H3. The largest absolute Gasteiger partial charge is 0.398 e. The van der Waals surface area contributed by atoms with E-state index in [0.717, 1.165) is 12.0 Å². The topological polar surface area (TPSA) is 69.1 Å². The lowest BCUT2D eigenvalue weighted by molar-refractivity contribution is 0.0914. The van der Waals surface area contributed by atoms with Crippen LogP contribution in [0.3, 0.4) is 0 Å². The van der Waals surface area contributed by atoms with Crippen molar-refractivity contribution in [2.75, 3.05) is 11.5 Å². The van der Waals surface area contributed by atoms with Crippen LogP contribution < -0.4 is 11.5 Å². The Balaban J connectivity index is 2.64. The van der Waals surface area contributed by atoms with Crippen molar-refractivity contribution in [1.29, 1.82) is 0 Å². The molecule has 80 valence electrons. The van der Waals surface area contributed by atoms with E-state index in [2.05, 4.69) is 13.8 Å². The van der Waals surface area contributed by atoms with Gasteiger partial charge in [0.2, 0.25) is 0 Å². The molecule has 3 nitrogen and oxygen atoms in total. The van der Waals surface area contributed by atoms with Gasteiger partial charge in [0, 0.05) is 23.4 Å². The van der Waals surface area contributed by atoms with Gasteiger partial charge in [-0.1, -0.05) is 13.8 Å². The molecule has 1 aromatic carbocycles. The molecule has 0 spiro atoms. The average Bonchev–Trinajstić information content (AvgIpc) is 2.09. The zero-order chi connectivity index (χ0) is 11.2. The monoisotopic (exact) mass is 204 g/mol. The van der Waals surface area contributed by atoms with Crippen molar-refractivity contribution in [3.63, 3.8) is 0 Å². The third kappa shape index (κ3) is 1.58. The lowest BCUT2D eigenvalue weighted by Gasteiger charge is -2.31. The highest BCUT2D eigenvalue weighted by atomic mass is 16.1. The molecule has 1 aromatic rings. The van der Waals surface area contributed by atoms with Crippen molar-refractivity contribution in [2.45, 2.75) is 26.7 Å². The molecule has 1 aliphatic rings. The van der Waals surface area contributed by atoms with E-state index in [1.54, 1.807) is 12.1 Å². The van der Waals surface area contributed by atoms with Crippen molar-refractivity contribution >= 4 is 17.2 Å². The highest BCUT2D eigenvalue weighted by molar-refractivity contribution is 6.04. The Hall–Kier alpha value is -1.51. The van der Waals surface area contributed by atoms with Crippen LogP contribution in [0.4, 0.5) is 11.4 Å². The minimum atomic E-state index is -0.00794. The van der Waals surface area contributed by atoms with E-state index < -0.39 is 0 Å². The summed E-state index contributed by atoms with van der Waals surface area (Å²) in [6.07, 6.45) is 1.37. The van der Waals surface area contributed by atoms with Crippen LogP contribution in [0.25, 0.3) is 0 Å². The average molecular weight is 204 g/mol. The first-order valence-electron chi connectivity index (χ1n) is 5.11. The fourth-order valence-electron chi connectivity index (χ4n) is 2.27. The Morgan fingerprint density at radius 2 is 1.73 bits per heavy atom. The number of Topliss-reactive ketones (excluding diaryl/α,β-unsaturated/α-hetero) is 1. The van der Waals surface area contributed by atoms with Gasteiger partial charge in [-0.15, -0.1) is 0 Å². The van der Waals surface area contributed by atoms with Crippen molar-refractivity contribution in [2.24, 2.45) is 5.41 Å². The fourth-order valence-corrected chi connectivity index (χ4v) is 2.27. The first-order valence-corrected chi connectivity index (χ1v) is 5.11. The first-order chi connectivity index (χ1) is 6.91. The van der Waals surface area contributed by atoms with Gasteiger partial charge >= 0.3 is 0 Å². The van der Waals surface area contributed by atoms with Gasteiger partial charge in [-0.2, -0.15) is 0 Å². The molecule has 0 radical (unpaired) electrons. The van der Waals surface area contributed by atoms with Gasteiger partial charge in [-0.05, 0) is 29.5 Å². The molecular weight excluding hydrogens is 188 g/mol. The zero-order valence-corrected chi connectivity index (χ0v) is 9.13. The molecule has 0 heterocycles. The van der Waals surface area contributed by atoms with E-state index in [4.69, 9.17) is 11.5 Å². The van der Waals surface area contributed by atoms with Crippen LogP contribution in [0.15, 0.2) is 12.1 Å². The molecule has 0 fully saturated rings. The van der Waals surface area contributed by atoms with Crippen molar-refractivity contribution in [3.8, 4) is 0 Å². The number of carbonyl (C=O) groups is 1. The third-order valence-electron chi connectivity index (χ3n) is 2.95. The van der Waals surface area contributed by atoms with Crippen LogP contribution in [-0.2, 0) is 6.42 Å². The number of benzene rings is 1. The predicted octanol–water partition coefficient (Wildman–Crippen LogP) is 2.01. The number of carbonyl (C=O) groups excluding carboxylic acids is 1. The molecule has 0 saturated heterocycles. The lowest BCUT2D eigenvalue weighted by Crippen LogP contribution is -2.28. The second-order valence-corrected chi connectivity index (χ2v) is 5.04. The third-order valence-corrected chi connectivity index (χ3v) is 2.95. The first kappa shape index (κ1) is 10.0. The summed E-state index contributed by atoms with van der Waals surface area (Å²) in [4.78, 5) is 11.9. The number of hydrogen-bond donors (Lipinski definition) is 2. The maximum atomic E-state index is 11.9. The smallest absolute Gasteiger partial charge is 0.165 e. The molecule has 0 aliphatic heterocycles. The summed E-state index contributed by atoms with van der Waals surface area (Å²) in [6.45, 7) is 4.16. The Morgan fingerprint density at radius 1 is 1.13 bits per heavy atom. The summed E-state index contributed by atoms with van der Waals surface area (Å²) in [5, 5.41) is 0. The molecule has 4 N–H and O–H groups in total. The SMILES string of the molecule is CC1(C)CC(=O)c2c(N)ccc(N)c2C1. The molecule has 0 bridgehead atoms. The number of hydrogen-bond acceptors (Lipinski definition) is 3. The van der Waals surface area contributed by atoms with Crippen LogP contribution in [0.1, 0.15) is 36.2 Å². The second-order valence-electron chi connectivity index (χ2n) is 5.04. The van der Waals surface area contributed by atoms with Gasteiger partial charge < -0.3 is 11.5 Å². The van der Waals surface area contributed by atoms with Gasteiger partial charge in [0.15, 0.2) is 5.78 Å². The van der Waals surface area contributed by atoms with Crippen LogP contribution in [0, 0.1) is 5.41 Å². The molecular formula is C12H16N2O. The Labute approximate surface area is 89.5 Å². The van der Waals surface area contributed by atoms with Gasteiger partial charge in [-0.3, -0.25) is 4.79 Å².